The van der Waals surface area contributed by atoms with Gasteiger partial charge in [-0.25, -0.2) is 0 Å². The van der Waals surface area contributed by atoms with Crippen molar-refractivity contribution in [2.45, 2.75) is 18.9 Å². The zero-order chi connectivity index (χ0) is 12.5. The van der Waals surface area contributed by atoms with E-state index in [1.807, 2.05) is 34.9 Å². The molecule has 0 fully saturated rings. The first-order chi connectivity index (χ1) is 8.81. The summed E-state index contributed by atoms with van der Waals surface area (Å²) in [5, 5.41) is 11.1. The second-order valence-corrected chi connectivity index (χ2v) is 4.34. The Kier molecular flexibility index (Phi) is 2.59. The number of benzene rings is 1. The number of hydrogen-bond donors (Lipinski definition) is 1. The van der Waals surface area contributed by atoms with Crippen LogP contribution in [0.2, 0.25) is 0 Å². The summed E-state index contributed by atoms with van der Waals surface area (Å²) in [4.78, 5) is 11.9. The van der Waals surface area contributed by atoms with E-state index in [0.29, 0.717) is 0 Å². The molecule has 0 saturated heterocycles. The van der Waals surface area contributed by atoms with Crippen molar-refractivity contribution in [2.75, 3.05) is 7.05 Å². The first kappa shape index (κ1) is 11.0. The fraction of sp³-hybridized carbons (Fsp3) is 0.308. The van der Waals surface area contributed by atoms with E-state index < -0.39 is 0 Å². The smallest absolute Gasteiger partial charge is 0.242 e. The van der Waals surface area contributed by atoms with Crippen molar-refractivity contribution in [3.05, 3.63) is 36.2 Å². The number of aryl methyl sites for hydroxylation is 1. The Morgan fingerprint density at radius 1 is 1.33 bits per heavy atom. The molecule has 1 aromatic heterocycles. The number of nitrogens with zero attached hydrogens (tertiary/aromatic N) is 3. The summed E-state index contributed by atoms with van der Waals surface area (Å²) in [7, 11) is 1.66. The van der Waals surface area contributed by atoms with Gasteiger partial charge in [-0.05, 0) is 6.42 Å². The highest BCUT2D eigenvalue weighted by Gasteiger charge is 2.31. The molecule has 0 radical (unpaired) electrons. The first-order valence-corrected chi connectivity index (χ1v) is 6.02. The van der Waals surface area contributed by atoms with Crippen molar-refractivity contribution in [1.29, 1.82) is 0 Å². The minimum absolute atomic E-state index is 0.0192. The zero-order valence-corrected chi connectivity index (χ0v) is 10.1. The van der Waals surface area contributed by atoms with E-state index in [1.54, 1.807) is 7.05 Å². The van der Waals surface area contributed by atoms with Crippen LogP contribution < -0.4 is 5.32 Å². The van der Waals surface area contributed by atoms with Crippen LogP contribution in [0.5, 0.6) is 0 Å². The summed E-state index contributed by atoms with van der Waals surface area (Å²) in [5.74, 6) is 1.69. The third-order valence-corrected chi connectivity index (χ3v) is 3.30. The van der Waals surface area contributed by atoms with Crippen LogP contribution in [-0.2, 0) is 11.2 Å². The lowest BCUT2D eigenvalue weighted by Gasteiger charge is -2.13. The Balaban J connectivity index is 2.07. The van der Waals surface area contributed by atoms with Gasteiger partial charge in [0.1, 0.15) is 11.9 Å². The van der Waals surface area contributed by atoms with Crippen molar-refractivity contribution < 1.29 is 4.79 Å². The number of aromatic nitrogens is 3. The van der Waals surface area contributed by atoms with Gasteiger partial charge < -0.3 is 5.32 Å². The number of rotatable bonds is 2. The lowest BCUT2D eigenvalue weighted by molar-refractivity contribution is -0.123. The van der Waals surface area contributed by atoms with E-state index in [0.717, 1.165) is 30.1 Å². The van der Waals surface area contributed by atoms with Gasteiger partial charge in [0.25, 0.3) is 0 Å². The lowest BCUT2D eigenvalue weighted by Crippen LogP contribution is -2.28. The van der Waals surface area contributed by atoms with Crippen molar-refractivity contribution in [1.82, 2.24) is 20.1 Å². The molecule has 18 heavy (non-hydrogen) atoms. The predicted molar refractivity (Wildman–Crippen MR) is 66.9 cm³/mol. The van der Waals surface area contributed by atoms with Crippen molar-refractivity contribution in [2.24, 2.45) is 0 Å². The molecule has 0 aliphatic carbocycles. The third kappa shape index (κ3) is 1.59. The topological polar surface area (TPSA) is 59.8 Å². The van der Waals surface area contributed by atoms with E-state index in [-0.39, 0.29) is 11.9 Å². The van der Waals surface area contributed by atoms with E-state index in [4.69, 9.17) is 0 Å². The molecule has 1 atom stereocenters. The Morgan fingerprint density at radius 3 is 2.83 bits per heavy atom. The number of carbonyl (C=O) groups excluding carboxylic acids is 1. The maximum absolute atomic E-state index is 11.9. The molecule has 1 amide bonds. The third-order valence-electron chi connectivity index (χ3n) is 3.30. The van der Waals surface area contributed by atoms with Crippen molar-refractivity contribution in [3.8, 4) is 11.4 Å². The molecule has 5 heteroatoms. The molecule has 0 spiro atoms. The van der Waals surface area contributed by atoms with Gasteiger partial charge in [0.15, 0.2) is 5.82 Å². The molecule has 1 aliphatic rings. The quantitative estimate of drug-likeness (QED) is 0.860. The summed E-state index contributed by atoms with van der Waals surface area (Å²) in [6.07, 6.45) is 1.60. The first-order valence-electron chi connectivity index (χ1n) is 6.02. The molecule has 2 aromatic rings. The Hall–Kier alpha value is -2.17. The molecule has 5 nitrogen and oxygen atoms in total. The van der Waals surface area contributed by atoms with Crippen LogP contribution >= 0.6 is 0 Å². The van der Waals surface area contributed by atoms with Gasteiger partial charge in [-0.15, -0.1) is 10.2 Å². The summed E-state index contributed by atoms with van der Waals surface area (Å²) < 4.78 is 1.95. The predicted octanol–water partition coefficient (Wildman–Crippen LogP) is 1.18. The van der Waals surface area contributed by atoms with E-state index in [2.05, 4.69) is 15.5 Å². The maximum Gasteiger partial charge on any atom is 0.242 e. The van der Waals surface area contributed by atoms with Crippen LogP contribution in [0, 0.1) is 0 Å². The lowest BCUT2D eigenvalue weighted by atomic mass is 10.2. The van der Waals surface area contributed by atoms with Gasteiger partial charge in [-0.3, -0.25) is 9.36 Å². The fourth-order valence-electron chi connectivity index (χ4n) is 2.42. The van der Waals surface area contributed by atoms with E-state index in [9.17, 15) is 4.79 Å². The van der Waals surface area contributed by atoms with E-state index >= 15 is 0 Å². The largest absolute Gasteiger partial charge is 0.357 e. The highest BCUT2D eigenvalue weighted by atomic mass is 16.2. The van der Waals surface area contributed by atoms with E-state index in [1.165, 1.54) is 0 Å². The molecule has 1 N–H and O–H groups in total. The Labute approximate surface area is 105 Å². The average Bonchev–Trinajstić information content (AvgIpc) is 3.00. The molecular formula is C13H14N4O. The molecule has 92 valence electrons. The molecule has 0 bridgehead atoms. The summed E-state index contributed by atoms with van der Waals surface area (Å²) in [5.41, 5.74) is 0.993. The molecule has 1 aliphatic heterocycles. The molecule has 3 rings (SSSR count). The zero-order valence-electron chi connectivity index (χ0n) is 10.1. The normalized spacial score (nSPS) is 17.5. The van der Waals surface area contributed by atoms with Gasteiger partial charge in [-0.2, -0.15) is 0 Å². The maximum atomic E-state index is 11.9. The SMILES string of the molecule is CNC(=O)C1CCc2nnc(-c3ccccc3)n21. The molecular weight excluding hydrogens is 228 g/mol. The van der Waals surface area contributed by atoms with Gasteiger partial charge in [0.2, 0.25) is 5.91 Å². The number of amides is 1. The van der Waals surface area contributed by atoms with Crippen molar-refractivity contribution >= 4 is 5.91 Å². The van der Waals surface area contributed by atoms with Gasteiger partial charge >= 0.3 is 0 Å². The monoisotopic (exact) mass is 242 g/mol. The Morgan fingerprint density at radius 2 is 2.11 bits per heavy atom. The minimum Gasteiger partial charge on any atom is -0.357 e. The minimum atomic E-state index is -0.185. The van der Waals surface area contributed by atoms with Crippen LogP contribution in [0.15, 0.2) is 30.3 Å². The summed E-state index contributed by atoms with van der Waals surface area (Å²) in [6.45, 7) is 0. The average molecular weight is 242 g/mol. The van der Waals surface area contributed by atoms with Crippen LogP contribution in [0.3, 0.4) is 0 Å². The summed E-state index contributed by atoms with van der Waals surface area (Å²) >= 11 is 0. The van der Waals surface area contributed by atoms with Crippen molar-refractivity contribution in [3.63, 3.8) is 0 Å². The summed E-state index contributed by atoms with van der Waals surface area (Å²) in [6, 6.07) is 9.66. The number of nitrogens with one attached hydrogen (secondary N) is 1. The van der Waals surface area contributed by atoms with Gasteiger partial charge in [-0.1, -0.05) is 30.3 Å². The van der Waals surface area contributed by atoms with Crippen LogP contribution in [0.4, 0.5) is 0 Å². The molecule has 1 aromatic carbocycles. The standard InChI is InChI=1S/C13H14N4O/c1-14-13(18)10-7-8-11-15-16-12(17(10)11)9-5-3-2-4-6-9/h2-6,10H,7-8H2,1H3,(H,14,18). The molecule has 2 heterocycles. The number of hydrogen-bond acceptors (Lipinski definition) is 3. The number of carbonyl (C=O) groups is 1. The van der Waals surface area contributed by atoms with Crippen LogP contribution in [0.25, 0.3) is 11.4 Å². The Bertz CT molecular complexity index is 576. The van der Waals surface area contributed by atoms with Crippen LogP contribution in [0.1, 0.15) is 18.3 Å². The number of fused-ring (bicyclic) bond motifs is 1. The van der Waals surface area contributed by atoms with Gasteiger partial charge in [0.05, 0.1) is 0 Å². The highest BCUT2D eigenvalue weighted by Crippen LogP contribution is 2.30. The number of likely N-dealkylation sites (N-methyl/N-ethyl adjacent to an activating group) is 1. The molecule has 0 saturated carbocycles. The highest BCUT2D eigenvalue weighted by molar-refractivity contribution is 5.81. The second-order valence-electron chi connectivity index (χ2n) is 4.34. The molecule has 1 unspecified atom stereocenters. The van der Waals surface area contributed by atoms with Crippen LogP contribution in [-0.4, -0.2) is 27.7 Å². The fourth-order valence-corrected chi connectivity index (χ4v) is 2.42. The second kappa shape index (κ2) is 4.25. The van der Waals surface area contributed by atoms with Gasteiger partial charge in [0, 0.05) is 19.0 Å².